The smallest absolute Gasteiger partial charge is 0.321 e. The van der Waals surface area contributed by atoms with E-state index in [0.29, 0.717) is 12.5 Å². The van der Waals surface area contributed by atoms with Crippen molar-refractivity contribution < 1.29 is 9.59 Å². The molecule has 0 aliphatic rings. The van der Waals surface area contributed by atoms with Crippen molar-refractivity contribution in [1.82, 2.24) is 15.5 Å². The van der Waals surface area contributed by atoms with Crippen LogP contribution in [-0.2, 0) is 4.79 Å². The van der Waals surface area contributed by atoms with Gasteiger partial charge in [-0.15, -0.1) is 0 Å². The predicted octanol–water partition coefficient (Wildman–Crippen LogP) is 0.527. The van der Waals surface area contributed by atoms with E-state index in [-0.39, 0.29) is 18.5 Å². The Morgan fingerprint density at radius 3 is 2.47 bits per heavy atom. The molecule has 0 aromatic carbocycles. The molecule has 4 N–H and O–H groups in total. The fraction of sp³-hybridized carbons (Fsp3) is 0.846. The lowest BCUT2D eigenvalue weighted by atomic mass is 10.0. The van der Waals surface area contributed by atoms with E-state index in [1.807, 2.05) is 18.9 Å². The van der Waals surface area contributed by atoms with Gasteiger partial charge in [0, 0.05) is 12.6 Å². The first-order valence-corrected chi connectivity index (χ1v) is 6.88. The molecule has 0 rings (SSSR count). The molecule has 0 spiro atoms. The predicted molar refractivity (Wildman–Crippen MR) is 76.8 cm³/mol. The number of amides is 3. The normalized spacial score (nSPS) is 12.6. The number of rotatable bonds is 8. The molecule has 1 unspecified atom stereocenters. The number of nitrogens with one attached hydrogen (secondary N) is 2. The molecule has 19 heavy (non-hydrogen) atoms. The van der Waals surface area contributed by atoms with Crippen LogP contribution >= 0.6 is 0 Å². The first kappa shape index (κ1) is 17.9. The molecule has 0 aliphatic heterocycles. The molecule has 1 atom stereocenters. The Morgan fingerprint density at radius 1 is 1.32 bits per heavy atom. The molecule has 0 aromatic heterocycles. The van der Waals surface area contributed by atoms with E-state index in [2.05, 4.69) is 24.5 Å². The Balaban J connectivity index is 3.83. The van der Waals surface area contributed by atoms with E-state index in [1.165, 1.54) is 0 Å². The Bertz CT molecular complexity index is 282. The lowest BCUT2D eigenvalue weighted by Crippen LogP contribution is -2.44. The summed E-state index contributed by atoms with van der Waals surface area (Å²) in [4.78, 5) is 24.7. The highest BCUT2D eigenvalue weighted by atomic mass is 16.2. The zero-order valence-corrected chi connectivity index (χ0v) is 12.5. The second kappa shape index (κ2) is 9.75. The summed E-state index contributed by atoms with van der Waals surface area (Å²) in [5.74, 6) is 0.135. The molecule has 3 amide bonds. The third kappa shape index (κ3) is 9.44. The third-order valence-electron chi connectivity index (χ3n) is 2.90. The second-order valence-corrected chi connectivity index (χ2v) is 5.24. The number of carbonyl (C=O) groups excluding carboxylic acids is 2. The Hall–Kier alpha value is -1.14. The Labute approximate surface area is 116 Å². The van der Waals surface area contributed by atoms with E-state index in [0.717, 1.165) is 19.4 Å². The van der Waals surface area contributed by atoms with Gasteiger partial charge < -0.3 is 11.1 Å². The summed E-state index contributed by atoms with van der Waals surface area (Å²) < 4.78 is 0. The van der Waals surface area contributed by atoms with Gasteiger partial charge in [-0.05, 0) is 32.4 Å². The fourth-order valence-electron chi connectivity index (χ4n) is 1.48. The van der Waals surface area contributed by atoms with Crippen LogP contribution in [-0.4, -0.2) is 49.6 Å². The van der Waals surface area contributed by atoms with Crippen LogP contribution < -0.4 is 16.4 Å². The van der Waals surface area contributed by atoms with Crippen molar-refractivity contribution in [2.45, 2.75) is 39.7 Å². The maximum absolute atomic E-state index is 11.6. The minimum Gasteiger partial charge on any atom is -0.338 e. The largest absolute Gasteiger partial charge is 0.338 e. The number of nitrogens with zero attached hydrogens (tertiary/aromatic N) is 1. The maximum atomic E-state index is 11.6. The number of hydrogen-bond donors (Lipinski definition) is 3. The van der Waals surface area contributed by atoms with Gasteiger partial charge in [-0.25, -0.2) is 4.79 Å². The summed E-state index contributed by atoms with van der Waals surface area (Å²) >= 11 is 0. The summed E-state index contributed by atoms with van der Waals surface area (Å²) in [5.41, 5.74) is 5.94. The van der Waals surface area contributed by atoms with Crippen LogP contribution in [0.15, 0.2) is 0 Å². The van der Waals surface area contributed by atoms with Gasteiger partial charge in [-0.1, -0.05) is 20.8 Å². The van der Waals surface area contributed by atoms with E-state index in [4.69, 9.17) is 5.73 Å². The van der Waals surface area contributed by atoms with Crippen LogP contribution in [0.2, 0.25) is 0 Å². The van der Waals surface area contributed by atoms with E-state index < -0.39 is 6.03 Å². The molecule has 6 nitrogen and oxygen atoms in total. The summed E-state index contributed by atoms with van der Waals surface area (Å²) in [5, 5.41) is 4.89. The van der Waals surface area contributed by atoms with Crippen molar-refractivity contribution in [3.8, 4) is 0 Å². The van der Waals surface area contributed by atoms with E-state index in [1.54, 1.807) is 0 Å². The van der Waals surface area contributed by atoms with Crippen LogP contribution in [0.3, 0.4) is 0 Å². The molecule has 0 aliphatic carbocycles. The standard InChI is InChI=1S/C13H28N4O2/c1-5-7-15-13(19)16-12(18)9-17(4)8-6-11(14)10(2)3/h10-11H,5-9,14H2,1-4H3,(H2,15,16,18,19). The molecule has 6 heteroatoms. The molecule has 112 valence electrons. The summed E-state index contributed by atoms with van der Waals surface area (Å²) in [6.45, 7) is 7.62. The molecular formula is C13H28N4O2. The fourth-order valence-corrected chi connectivity index (χ4v) is 1.48. The lowest BCUT2D eigenvalue weighted by molar-refractivity contribution is -0.120. The molecule has 0 radical (unpaired) electrons. The number of likely N-dealkylation sites (N-methyl/N-ethyl adjacent to an activating group) is 1. The topological polar surface area (TPSA) is 87.5 Å². The second-order valence-electron chi connectivity index (χ2n) is 5.24. The van der Waals surface area contributed by atoms with Crippen LogP contribution in [0.5, 0.6) is 0 Å². The third-order valence-corrected chi connectivity index (χ3v) is 2.90. The van der Waals surface area contributed by atoms with E-state index >= 15 is 0 Å². The zero-order valence-electron chi connectivity index (χ0n) is 12.5. The molecular weight excluding hydrogens is 244 g/mol. The first-order chi connectivity index (χ1) is 8.86. The SMILES string of the molecule is CCCNC(=O)NC(=O)CN(C)CCC(N)C(C)C. The van der Waals surface area contributed by atoms with Gasteiger partial charge in [0.1, 0.15) is 0 Å². The van der Waals surface area contributed by atoms with Crippen molar-refractivity contribution >= 4 is 11.9 Å². The van der Waals surface area contributed by atoms with Gasteiger partial charge in [-0.3, -0.25) is 15.0 Å². The zero-order chi connectivity index (χ0) is 14.8. The highest BCUT2D eigenvalue weighted by Crippen LogP contribution is 2.03. The van der Waals surface area contributed by atoms with Crippen LogP contribution in [0.4, 0.5) is 4.79 Å². The van der Waals surface area contributed by atoms with Crippen molar-refractivity contribution in [1.29, 1.82) is 0 Å². The minimum absolute atomic E-state index is 0.137. The van der Waals surface area contributed by atoms with Gasteiger partial charge in [0.2, 0.25) is 5.91 Å². The average molecular weight is 272 g/mol. The van der Waals surface area contributed by atoms with Crippen LogP contribution in [0, 0.1) is 5.92 Å². The van der Waals surface area contributed by atoms with Gasteiger partial charge in [-0.2, -0.15) is 0 Å². The highest BCUT2D eigenvalue weighted by Gasteiger charge is 2.12. The molecule has 0 aromatic rings. The van der Waals surface area contributed by atoms with Crippen molar-refractivity contribution in [2.75, 3.05) is 26.7 Å². The maximum Gasteiger partial charge on any atom is 0.321 e. The van der Waals surface area contributed by atoms with Crippen LogP contribution in [0.25, 0.3) is 0 Å². The lowest BCUT2D eigenvalue weighted by Gasteiger charge is -2.20. The molecule has 0 saturated heterocycles. The van der Waals surface area contributed by atoms with Gasteiger partial charge in [0.25, 0.3) is 0 Å². The van der Waals surface area contributed by atoms with Gasteiger partial charge in [0.15, 0.2) is 0 Å². The molecule has 0 bridgehead atoms. The van der Waals surface area contributed by atoms with Gasteiger partial charge in [0.05, 0.1) is 6.54 Å². The van der Waals surface area contributed by atoms with Crippen molar-refractivity contribution in [3.05, 3.63) is 0 Å². The number of hydrogen-bond acceptors (Lipinski definition) is 4. The number of nitrogens with two attached hydrogens (primary N) is 1. The van der Waals surface area contributed by atoms with Gasteiger partial charge >= 0.3 is 6.03 Å². The highest BCUT2D eigenvalue weighted by molar-refractivity contribution is 5.95. The monoisotopic (exact) mass is 272 g/mol. The Kier molecular flexibility index (Phi) is 9.16. The quantitative estimate of drug-likeness (QED) is 0.601. The number of urea groups is 1. The summed E-state index contributed by atoms with van der Waals surface area (Å²) in [7, 11) is 1.84. The summed E-state index contributed by atoms with van der Waals surface area (Å²) in [6.07, 6.45) is 1.68. The minimum atomic E-state index is -0.431. The van der Waals surface area contributed by atoms with E-state index in [9.17, 15) is 9.59 Å². The molecule has 0 heterocycles. The Morgan fingerprint density at radius 2 is 1.95 bits per heavy atom. The van der Waals surface area contributed by atoms with Crippen LogP contribution in [0.1, 0.15) is 33.6 Å². The van der Waals surface area contributed by atoms with Crippen molar-refractivity contribution in [2.24, 2.45) is 11.7 Å². The summed E-state index contributed by atoms with van der Waals surface area (Å²) in [6, 6.07) is -0.294. The average Bonchev–Trinajstić information content (AvgIpc) is 2.32. The number of imide groups is 1. The van der Waals surface area contributed by atoms with Crippen molar-refractivity contribution in [3.63, 3.8) is 0 Å². The molecule has 0 saturated carbocycles. The number of carbonyl (C=O) groups is 2. The molecule has 0 fully saturated rings. The first-order valence-electron chi connectivity index (χ1n) is 6.88.